The predicted molar refractivity (Wildman–Crippen MR) is 38.0 cm³/mol. The summed E-state index contributed by atoms with van der Waals surface area (Å²) in [6.45, 7) is 7.13. The van der Waals surface area contributed by atoms with Gasteiger partial charge in [-0.25, -0.2) is 0 Å². The molecule has 0 N–H and O–H groups in total. The van der Waals surface area contributed by atoms with Crippen LogP contribution in [0.4, 0.5) is 0 Å². The summed E-state index contributed by atoms with van der Waals surface area (Å²) in [7, 11) is 2.19. The van der Waals surface area contributed by atoms with Crippen LogP contribution in [0, 0.1) is 0 Å². The third-order valence-corrected chi connectivity index (χ3v) is 3.29. The molecule has 0 radical (unpaired) electrons. The van der Waals surface area contributed by atoms with Crippen molar-refractivity contribution in [2.45, 2.75) is 13.3 Å². The molecular formula is C7H15IN-. The van der Waals surface area contributed by atoms with E-state index in [1.165, 1.54) is 11.0 Å². The first-order chi connectivity index (χ1) is 4.31. The fraction of sp³-hybridized carbons (Fsp3) is 0.714. The van der Waals surface area contributed by atoms with Crippen molar-refractivity contribution in [3.8, 4) is 0 Å². The van der Waals surface area contributed by atoms with Crippen molar-refractivity contribution < 1.29 is 21.5 Å². The first kappa shape index (κ1) is 9.43. The Morgan fingerprint density at radius 1 is 1.67 bits per heavy atom. The van der Waals surface area contributed by atoms with Gasteiger partial charge in [0.15, 0.2) is 0 Å². The molecule has 0 spiro atoms. The summed E-state index contributed by atoms with van der Waals surface area (Å²) in [5.74, 6) is 0. The van der Waals surface area contributed by atoms with Gasteiger partial charge < -0.3 is 0 Å². The van der Waals surface area contributed by atoms with E-state index in [0.717, 1.165) is 6.42 Å². The molecule has 0 aliphatic carbocycles. The minimum absolute atomic E-state index is 0.338. The maximum atomic E-state index is 3.68. The molecule has 0 bridgehead atoms. The van der Waals surface area contributed by atoms with Gasteiger partial charge in [-0.3, -0.25) is 0 Å². The zero-order chi connectivity index (χ0) is 7.11. The molecule has 0 aromatic carbocycles. The van der Waals surface area contributed by atoms with Crippen LogP contribution in [0.25, 0.3) is 0 Å². The molecule has 0 heterocycles. The van der Waals surface area contributed by atoms with Crippen LogP contribution in [0.3, 0.4) is 0 Å². The summed E-state index contributed by atoms with van der Waals surface area (Å²) in [5, 5.41) is 0. The third-order valence-electron chi connectivity index (χ3n) is 0.965. The fourth-order valence-corrected chi connectivity index (χ4v) is 2.32. The Hall–Kier alpha value is 0.430. The maximum absolute atomic E-state index is 3.68. The molecule has 0 saturated carbocycles. The van der Waals surface area contributed by atoms with Gasteiger partial charge in [-0.2, -0.15) is 0 Å². The minimum atomic E-state index is 0.338. The van der Waals surface area contributed by atoms with Crippen molar-refractivity contribution in [2.24, 2.45) is 0 Å². The van der Waals surface area contributed by atoms with Gasteiger partial charge in [-0.05, 0) is 0 Å². The Kier molecular flexibility index (Phi) is 6.86. The van der Waals surface area contributed by atoms with Crippen molar-refractivity contribution in [1.29, 1.82) is 0 Å². The van der Waals surface area contributed by atoms with Crippen LogP contribution in [0.2, 0.25) is 0 Å². The molecular weight excluding hydrogens is 225 g/mol. The van der Waals surface area contributed by atoms with E-state index >= 15 is 0 Å². The summed E-state index contributed by atoms with van der Waals surface area (Å²) in [6, 6.07) is 0. The summed E-state index contributed by atoms with van der Waals surface area (Å²) in [6.07, 6.45) is 3.12. The average Bonchev–Trinajstić information content (AvgIpc) is 1.85. The van der Waals surface area contributed by atoms with E-state index in [2.05, 4.69) is 23.7 Å². The van der Waals surface area contributed by atoms with Crippen LogP contribution < -0.4 is 21.5 Å². The van der Waals surface area contributed by atoms with E-state index in [9.17, 15) is 0 Å². The zero-order valence-corrected chi connectivity index (χ0v) is 8.39. The predicted octanol–water partition coefficient (Wildman–Crippen LogP) is -1.48. The van der Waals surface area contributed by atoms with Crippen molar-refractivity contribution in [2.75, 3.05) is 18.0 Å². The molecule has 0 fully saturated rings. The Morgan fingerprint density at radius 2 is 2.33 bits per heavy atom. The van der Waals surface area contributed by atoms with Crippen molar-refractivity contribution in [3.05, 3.63) is 12.7 Å². The number of alkyl halides is 1. The van der Waals surface area contributed by atoms with E-state index in [-0.39, 0.29) is 0 Å². The van der Waals surface area contributed by atoms with Gasteiger partial charge in [0.1, 0.15) is 0 Å². The van der Waals surface area contributed by atoms with E-state index in [1.54, 1.807) is 0 Å². The molecule has 0 aliphatic rings. The molecule has 9 heavy (non-hydrogen) atoms. The fourth-order valence-electron chi connectivity index (χ4n) is 0.533. The topological polar surface area (TPSA) is 3.24 Å². The Balaban J connectivity index is 3.04. The van der Waals surface area contributed by atoms with Crippen molar-refractivity contribution in [1.82, 2.24) is 3.11 Å². The number of hydrogen-bond donors (Lipinski definition) is 0. The van der Waals surface area contributed by atoms with E-state index in [4.69, 9.17) is 0 Å². The van der Waals surface area contributed by atoms with Crippen LogP contribution in [0.5, 0.6) is 0 Å². The Labute approximate surface area is 68.7 Å². The molecule has 0 rings (SSSR count). The SMILES string of the molecule is C=CCCN(C)[I-]CC. The Morgan fingerprint density at radius 3 is 2.78 bits per heavy atom. The van der Waals surface area contributed by atoms with Gasteiger partial charge in [-0.1, -0.05) is 0 Å². The summed E-state index contributed by atoms with van der Waals surface area (Å²) in [5.41, 5.74) is 0. The van der Waals surface area contributed by atoms with Gasteiger partial charge in [0.2, 0.25) is 0 Å². The first-order valence-electron chi connectivity index (χ1n) is 3.22. The number of rotatable bonds is 5. The monoisotopic (exact) mass is 240 g/mol. The molecule has 0 unspecified atom stereocenters. The second-order valence-corrected chi connectivity index (χ2v) is 5.65. The van der Waals surface area contributed by atoms with Gasteiger partial charge in [0.25, 0.3) is 0 Å². The number of halogens is 1. The van der Waals surface area contributed by atoms with Gasteiger partial charge in [0.05, 0.1) is 0 Å². The molecule has 0 amide bonds. The van der Waals surface area contributed by atoms with E-state index in [0.29, 0.717) is 21.5 Å². The van der Waals surface area contributed by atoms with Crippen LogP contribution in [-0.4, -0.2) is 21.1 Å². The number of hydrogen-bond acceptors (Lipinski definition) is 1. The normalized spacial score (nSPS) is 10.6. The quantitative estimate of drug-likeness (QED) is 0.245. The molecule has 2 heteroatoms. The van der Waals surface area contributed by atoms with Crippen LogP contribution in [-0.2, 0) is 0 Å². The zero-order valence-electron chi connectivity index (χ0n) is 6.23. The third kappa shape index (κ3) is 6.31. The Bertz CT molecular complexity index is 73.3. The summed E-state index contributed by atoms with van der Waals surface area (Å²) >= 11 is 0.338. The second-order valence-electron chi connectivity index (χ2n) is 1.79. The van der Waals surface area contributed by atoms with Gasteiger partial charge in [-0.15, -0.1) is 0 Å². The van der Waals surface area contributed by atoms with Crippen LogP contribution >= 0.6 is 0 Å². The molecule has 1 nitrogen and oxygen atoms in total. The molecule has 0 atom stereocenters. The van der Waals surface area contributed by atoms with Crippen molar-refractivity contribution in [3.63, 3.8) is 0 Å². The van der Waals surface area contributed by atoms with Crippen LogP contribution in [0.1, 0.15) is 13.3 Å². The molecule has 0 aliphatic heterocycles. The molecule has 0 saturated heterocycles. The summed E-state index contributed by atoms with van der Waals surface area (Å²) < 4.78 is 3.78. The second kappa shape index (κ2) is 6.55. The van der Waals surface area contributed by atoms with Crippen molar-refractivity contribution >= 4 is 0 Å². The first-order valence-corrected chi connectivity index (χ1v) is 5.71. The van der Waals surface area contributed by atoms with E-state index < -0.39 is 0 Å². The standard InChI is InChI=1S/C7H15IN/c1-4-6-7-9(3)8-5-2/h4H,1,5-7H2,2-3H3/q-1. The average molecular weight is 240 g/mol. The number of nitrogens with zero attached hydrogens (tertiary/aromatic N) is 1. The van der Waals surface area contributed by atoms with Crippen LogP contribution in [0.15, 0.2) is 12.7 Å². The van der Waals surface area contributed by atoms with Gasteiger partial charge >= 0.3 is 68.6 Å². The summed E-state index contributed by atoms with van der Waals surface area (Å²) in [4.78, 5) is 0. The molecule has 56 valence electrons. The van der Waals surface area contributed by atoms with E-state index in [1.807, 2.05) is 6.08 Å². The molecule has 0 aromatic rings. The molecule has 0 aromatic heterocycles. The van der Waals surface area contributed by atoms with Gasteiger partial charge in [0, 0.05) is 0 Å².